The molecular weight excluding hydrogens is 1160 g/mol. The lowest BCUT2D eigenvalue weighted by molar-refractivity contribution is 0.437. The first-order valence-electron chi connectivity index (χ1n) is 36.2. The van der Waals surface area contributed by atoms with Crippen molar-refractivity contribution >= 4 is 79.0 Å². The maximum atomic E-state index is 10.7. The van der Waals surface area contributed by atoms with Crippen LogP contribution in [0.4, 0.5) is 34.1 Å². The van der Waals surface area contributed by atoms with E-state index in [0.717, 1.165) is 134 Å². The van der Waals surface area contributed by atoms with Crippen molar-refractivity contribution in [3.63, 3.8) is 0 Å². The van der Waals surface area contributed by atoms with Crippen LogP contribution in [0.3, 0.4) is 0 Å². The fourth-order valence-electron chi connectivity index (χ4n) is 16.1. The Morgan fingerprint density at radius 3 is 1.58 bits per heavy atom. The molecular formula is C90H61BN4O. The summed E-state index contributed by atoms with van der Waals surface area (Å²) in [6.45, 7) is 6.22. The van der Waals surface area contributed by atoms with Crippen LogP contribution in [0.15, 0.2) is 315 Å². The number of benzene rings is 14. The van der Waals surface area contributed by atoms with E-state index in [-0.39, 0.29) is 32.8 Å². The number of hydrogen-bond acceptors (Lipinski definition) is 4. The van der Waals surface area contributed by atoms with Gasteiger partial charge in [0.25, 0.3) is 6.71 Å². The summed E-state index contributed by atoms with van der Waals surface area (Å²) >= 11 is 0. The second kappa shape index (κ2) is 21.2. The number of rotatable bonds is 7. The van der Waals surface area contributed by atoms with Crippen LogP contribution in [0, 0.1) is 11.3 Å². The molecule has 0 bridgehead atoms. The summed E-state index contributed by atoms with van der Waals surface area (Å²) in [5.74, 6) is 1.40. The average Bonchev–Trinajstić information content (AvgIpc) is 1.67. The molecule has 1 aromatic heterocycles. The third-order valence-corrected chi connectivity index (χ3v) is 20.2. The van der Waals surface area contributed by atoms with Gasteiger partial charge in [0.1, 0.15) is 11.5 Å². The fourth-order valence-corrected chi connectivity index (χ4v) is 16.1. The van der Waals surface area contributed by atoms with E-state index in [1.165, 1.54) is 0 Å². The average molecular weight is 1230 g/mol. The predicted octanol–water partition coefficient (Wildman–Crippen LogP) is 21.2. The van der Waals surface area contributed by atoms with E-state index in [9.17, 15) is 14.9 Å². The van der Waals surface area contributed by atoms with E-state index >= 15 is 0 Å². The molecule has 0 saturated carbocycles. The number of hydrogen-bond donors (Lipinski definition) is 0. The van der Waals surface area contributed by atoms with E-state index in [1.807, 2.05) is 36.4 Å². The molecule has 0 radical (unpaired) electrons. The second-order valence-electron chi connectivity index (χ2n) is 26.5. The van der Waals surface area contributed by atoms with Gasteiger partial charge < -0.3 is 19.1 Å². The largest absolute Gasteiger partial charge is 0.457 e. The Labute approximate surface area is 569 Å². The Morgan fingerprint density at radius 2 is 0.958 bits per heavy atom. The number of nitrogens with zero attached hydrogens (tertiary/aromatic N) is 4. The smallest absolute Gasteiger partial charge is 0.252 e. The number of ether oxygens (including phenoxy) is 1. The molecule has 0 amide bonds. The molecule has 4 heterocycles. The van der Waals surface area contributed by atoms with Crippen molar-refractivity contribution in [3.05, 3.63) is 349 Å². The predicted molar refractivity (Wildman–Crippen MR) is 397 cm³/mol. The number of nitriles is 1. The summed E-state index contributed by atoms with van der Waals surface area (Å²) in [6, 6.07) is 95.6. The van der Waals surface area contributed by atoms with Crippen LogP contribution in [0.5, 0.6) is 11.5 Å². The van der Waals surface area contributed by atoms with E-state index in [0.29, 0.717) is 17.1 Å². The minimum Gasteiger partial charge on any atom is -0.457 e. The Morgan fingerprint density at radius 1 is 0.417 bits per heavy atom. The molecule has 15 aromatic rings. The maximum Gasteiger partial charge on any atom is 0.252 e. The monoisotopic (exact) mass is 1230 g/mol. The van der Waals surface area contributed by atoms with Gasteiger partial charge in [-0.05, 0) is 150 Å². The van der Waals surface area contributed by atoms with Crippen molar-refractivity contribution in [2.75, 3.05) is 9.80 Å². The first kappa shape index (κ1) is 48.6. The third-order valence-electron chi connectivity index (χ3n) is 20.2. The number of aromatic nitrogens is 1. The molecule has 19 rings (SSSR count). The molecule has 14 aromatic carbocycles. The quantitative estimate of drug-likeness (QED) is 0.149. The molecule has 0 unspecified atom stereocenters. The molecule has 5 nitrogen and oxygen atoms in total. The molecule has 3 aliphatic heterocycles. The van der Waals surface area contributed by atoms with Crippen LogP contribution in [0.25, 0.3) is 83.1 Å². The van der Waals surface area contributed by atoms with Crippen LogP contribution in [0.1, 0.15) is 63.7 Å². The summed E-state index contributed by atoms with van der Waals surface area (Å²) in [6.07, 6.45) is 0. The molecule has 4 aliphatic rings. The van der Waals surface area contributed by atoms with Gasteiger partial charge in [0.15, 0.2) is 0 Å². The first-order valence-corrected chi connectivity index (χ1v) is 32.7. The van der Waals surface area contributed by atoms with Crippen molar-refractivity contribution in [2.45, 2.75) is 31.6 Å². The molecule has 0 saturated heterocycles. The lowest BCUT2D eigenvalue weighted by Gasteiger charge is -2.47. The van der Waals surface area contributed by atoms with E-state index in [4.69, 9.17) is 4.74 Å². The van der Waals surface area contributed by atoms with Crippen LogP contribution in [0.2, 0.25) is 0 Å². The number of para-hydroxylation sites is 3. The van der Waals surface area contributed by atoms with Crippen molar-refractivity contribution < 1.29 is 14.3 Å². The second-order valence-corrected chi connectivity index (χ2v) is 26.5. The van der Waals surface area contributed by atoms with E-state index in [2.05, 4.69) is 273 Å². The number of anilines is 6. The highest BCUT2D eigenvalue weighted by Gasteiger charge is 2.53. The Hall–Kier alpha value is -12.2. The third kappa shape index (κ3) is 8.17. The van der Waals surface area contributed by atoms with Gasteiger partial charge in [-0.15, -0.1) is 0 Å². The summed E-state index contributed by atoms with van der Waals surface area (Å²) < 4.78 is 77.1. The lowest BCUT2D eigenvalue weighted by Crippen LogP contribution is -2.62. The fraction of sp³-hybridized carbons (Fsp3) is 0.0556. The van der Waals surface area contributed by atoms with Crippen molar-refractivity contribution in [2.24, 2.45) is 0 Å². The van der Waals surface area contributed by atoms with Crippen molar-refractivity contribution in [3.8, 4) is 78.9 Å². The Kier molecular flexibility index (Phi) is 10.7. The van der Waals surface area contributed by atoms with Gasteiger partial charge in [0.2, 0.25) is 0 Å². The molecule has 0 fully saturated rings. The highest BCUT2D eigenvalue weighted by molar-refractivity contribution is 7.00. The zero-order chi connectivity index (χ0) is 70.1. The van der Waals surface area contributed by atoms with Crippen LogP contribution < -0.4 is 30.9 Å². The van der Waals surface area contributed by atoms with Gasteiger partial charge in [-0.25, -0.2) is 0 Å². The maximum absolute atomic E-state index is 10.7. The Bertz CT molecular complexity index is 6050. The Balaban J connectivity index is 1.04. The van der Waals surface area contributed by atoms with Crippen LogP contribution in [-0.4, -0.2) is 11.3 Å². The van der Waals surface area contributed by atoms with Gasteiger partial charge in [0.05, 0.1) is 49.1 Å². The summed E-state index contributed by atoms with van der Waals surface area (Å²) in [5.41, 5.74) is 22.0. The summed E-state index contributed by atoms with van der Waals surface area (Å²) in [5, 5.41) is 10.7. The normalized spacial score (nSPS) is 14.5. The highest BCUT2D eigenvalue weighted by atomic mass is 16.5. The molecule has 0 N–H and O–H groups in total. The van der Waals surface area contributed by atoms with Crippen LogP contribution >= 0.6 is 0 Å². The lowest BCUT2D eigenvalue weighted by atomic mass is 9.33. The molecule has 6 heteroatoms. The van der Waals surface area contributed by atoms with Gasteiger partial charge in [-0.3, -0.25) is 0 Å². The van der Waals surface area contributed by atoms with E-state index in [1.54, 1.807) is 4.57 Å². The molecule has 450 valence electrons. The summed E-state index contributed by atoms with van der Waals surface area (Å²) in [7, 11) is 0. The zero-order valence-corrected chi connectivity index (χ0v) is 52.8. The first-order chi connectivity index (χ1) is 50.1. The molecule has 96 heavy (non-hydrogen) atoms. The molecule has 0 atom stereocenters. The molecule has 1 spiro atoms. The molecule has 1 aliphatic carbocycles. The van der Waals surface area contributed by atoms with Gasteiger partial charge in [-0.1, -0.05) is 263 Å². The number of fused-ring (bicyclic) bond motifs is 16. The standard InChI is InChI=1S/C90H61BN4O/c1-89(2,3)64-44-46-81-77(51-64)91-78-54-76-86(96-85-42-23-21-40-75(85)90(76)73-38-19-16-33-69(73)70-34-17-20-39-74(70)90)55-82(78)94(65-49-62(58-25-8-4-9-26-58)48-63(50-65)59-27-10-5-11-28-59)83-52-66(93-79-41-22-18-35-71(79)72-47-57(56-92)43-45-80(72)93)53-84(87(83)91)95(81)88-67(60-29-12-6-13-30-60)36-24-37-68(88)61-31-14-7-15-32-61/h4-55H,1-3H3/i18D,22D,35D,41D,43D,45D,47D. The van der Waals surface area contributed by atoms with Gasteiger partial charge >= 0.3 is 0 Å². The topological polar surface area (TPSA) is 44.4 Å². The van der Waals surface area contributed by atoms with Gasteiger partial charge in [0, 0.05) is 67.5 Å². The summed E-state index contributed by atoms with van der Waals surface area (Å²) in [4.78, 5) is 4.75. The minimum atomic E-state index is -0.864. The van der Waals surface area contributed by atoms with Crippen LogP contribution in [-0.2, 0) is 10.8 Å². The van der Waals surface area contributed by atoms with Crippen molar-refractivity contribution in [1.29, 1.82) is 5.26 Å². The van der Waals surface area contributed by atoms with E-state index < -0.39 is 54.4 Å². The highest BCUT2D eigenvalue weighted by Crippen LogP contribution is 2.63. The van der Waals surface area contributed by atoms with Gasteiger partial charge in [-0.2, -0.15) is 5.26 Å². The minimum absolute atomic E-state index is 0.00261. The zero-order valence-electron chi connectivity index (χ0n) is 59.8. The van der Waals surface area contributed by atoms with Crippen molar-refractivity contribution in [1.82, 2.24) is 4.57 Å². The SMILES string of the molecule is [2H]c1c([2H])c([2H])c2c(c1[2H])c1c([2H])c(C#N)c([2H])c([2H])c1n2-c1cc2c3c(c1)N(c1c(-c4ccccc4)cccc1-c1ccccc1)c1ccc(C(C)(C)C)cc1B3c1cc3c(cc1N2c1cc(-c2ccccc2)cc(-c2ccccc2)c1)Oc1ccccc1C31c2ccccc2-c2ccccc21.